The number of aliphatic hydroxyl groups excluding tert-OH is 1. The molecule has 0 saturated carbocycles. The van der Waals surface area contributed by atoms with Gasteiger partial charge in [-0.2, -0.15) is 18.0 Å². The number of nitrogens with zero attached hydrogens (tertiary/aromatic N) is 4. The molecule has 142 valence electrons. The quantitative estimate of drug-likeness (QED) is 0.702. The number of para-hydroxylation sites is 1. The van der Waals surface area contributed by atoms with Crippen molar-refractivity contribution >= 4 is 11.4 Å². The van der Waals surface area contributed by atoms with Crippen molar-refractivity contribution in [2.75, 3.05) is 5.32 Å². The molecule has 2 atom stereocenters. The molecule has 6 nitrogen and oxygen atoms in total. The lowest BCUT2D eigenvalue weighted by Crippen LogP contribution is -2.20. The first kappa shape index (κ1) is 18.8. The molecule has 1 aromatic heterocycles. The van der Waals surface area contributed by atoms with E-state index in [1.165, 1.54) is 16.9 Å². The largest absolute Gasteiger partial charge is 0.416 e. The lowest BCUT2D eigenvalue weighted by molar-refractivity contribution is -0.137. The zero-order chi connectivity index (χ0) is 19.6. The number of halogens is 3. The SMILES string of the molecule is CC(O)[C@@H](C)n1nnc(-c2ccccc2Nc2ccc(C(F)(F)F)cc2)n1. The number of tetrazole rings is 1. The Labute approximate surface area is 153 Å². The Morgan fingerprint density at radius 2 is 1.70 bits per heavy atom. The average Bonchev–Trinajstić information content (AvgIpc) is 3.11. The molecule has 0 amide bonds. The van der Waals surface area contributed by atoms with E-state index in [4.69, 9.17) is 0 Å². The number of hydrogen-bond donors (Lipinski definition) is 2. The number of alkyl halides is 3. The second-order valence-electron chi connectivity index (χ2n) is 6.16. The van der Waals surface area contributed by atoms with Gasteiger partial charge in [-0.05, 0) is 55.5 Å². The molecule has 27 heavy (non-hydrogen) atoms. The summed E-state index contributed by atoms with van der Waals surface area (Å²) in [6, 6.07) is 11.5. The highest BCUT2D eigenvalue weighted by Crippen LogP contribution is 2.32. The van der Waals surface area contributed by atoms with E-state index >= 15 is 0 Å². The maximum absolute atomic E-state index is 12.7. The van der Waals surface area contributed by atoms with Crippen LogP contribution < -0.4 is 5.32 Å². The van der Waals surface area contributed by atoms with Gasteiger partial charge in [-0.25, -0.2) is 0 Å². The highest BCUT2D eigenvalue weighted by Gasteiger charge is 2.30. The third-order valence-electron chi connectivity index (χ3n) is 4.15. The van der Waals surface area contributed by atoms with E-state index in [1.807, 2.05) is 0 Å². The Balaban J connectivity index is 1.87. The third kappa shape index (κ3) is 4.25. The normalized spacial score (nSPS) is 14.0. The number of aliphatic hydroxyl groups is 1. The molecule has 3 rings (SSSR count). The van der Waals surface area contributed by atoms with E-state index < -0.39 is 17.8 Å². The molecule has 0 bridgehead atoms. The fourth-order valence-electron chi connectivity index (χ4n) is 2.38. The number of benzene rings is 2. The van der Waals surface area contributed by atoms with Gasteiger partial charge in [-0.15, -0.1) is 10.2 Å². The van der Waals surface area contributed by atoms with E-state index in [1.54, 1.807) is 38.1 Å². The fourth-order valence-corrected chi connectivity index (χ4v) is 2.38. The van der Waals surface area contributed by atoms with Crippen LogP contribution >= 0.6 is 0 Å². The van der Waals surface area contributed by atoms with Crippen molar-refractivity contribution in [1.29, 1.82) is 0 Å². The second kappa shape index (κ2) is 7.36. The summed E-state index contributed by atoms with van der Waals surface area (Å²) in [4.78, 5) is 1.33. The van der Waals surface area contributed by atoms with Crippen LogP contribution in [0.4, 0.5) is 24.5 Å². The highest BCUT2D eigenvalue weighted by molar-refractivity contribution is 5.77. The predicted octanol–water partition coefficient (Wildman–Crippen LogP) is 4.04. The number of aromatic nitrogens is 4. The maximum atomic E-state index is 12.7. The number of hydrogen-bond acceptors (Lipinski definition) is 5. The van der Waals surface area contributed by atoms with Gasteiger partial charge in [0.05, 0.1) is 17.7 Å². The van der Waals surface area contributed by atoms with Crippen LogP contribution in [0, 0.1) is 0 Å². The molecule has 0 spiro atoms. The molecule has 1 unspecified atom stereocenters. The summed E-state index contributed by atoms with van der Waals surface area (Å²) < 4.78 is 38.1. The van der Waals surface area contributed by atoms with Gasteiger partial charge in [0, 0.05) is 16.9 Å². The molecular weight excluding hydrogens is 359 g/mol. The molecule has 3 aromatic rings. The Morgan fingerprint density at radius 3 is 2.33 bits per heavy atom. The Hall–Kier alpha value is -2.94. The van der Waals surface area contributed by atoms with Crippen LogP contribution in [0.2, 0.25) is 0 Å². The molecule has 0 fully saturated rings. The van der Waals surface area contributed by atoms with E-state index in [9.17, 15) is 18.3 Å². The lowest BCUT2D eigenvalue weighted by atomic mass is 10.1. The van der Waals surface area contributed by atoms with Crippen LogP contribution in [-0.2, 0) is 6.18 Å². The minimum Gasteiger partial charge on any atom is -0.391 e. The summed E-state index contributed by atoms with van der Waals surface area (Å²) in [5.41, 5.74) is 1.06. The molecule has 2 aromatic carbocycles. The number of rotatable bonds is 5. The summed E-state index contributed by atoms with van der Waals surface area (Å²) in [6.45, 7) is 3.40. The smallest absolute Gasteiger partial charge is 0.391 e. The van der Waals surface area contributed by atoms with Gasteiger partial charge >= 0.3 is 6.18 Å². The van der Waals surface area contributed by atoms with Crippen LogP contribution in [0.1, 0.15) is 25.5 Å². The molecule has 1 heterocycles. The molecule has 0 aliphatic carbocycles. The fraction of sp³-hybridized carbons (Fsp3) is 0.278. The number of anilines is 2. The van der Waals surface area contributed by atoms with Crippen molar-refractivity contribution in [3.05, 3.63) is 54.1 Å². The zero-order valence-corrected chi connectivity index (χ0v) is 14.6. The highest BCUT2D eigenvalue weighted by atomic mass is 19.4. The van der Waals surface area contributed by atoms with Crippen LogP contribution in [0.25, 0.3) is 11.4 Å². The third-order valence-corrected chi connectivity index (χ3v) is 4.15. The van der Waals surface area contributed by atoms with E-state index in [-0.39, 0.29) is 6.04 Å². The summed E-state index contributed by atoms with van der Waals surface area (Å²) in [6.07, 6.45) is -5.02. The van der Waals surface area contributed by atoms with Gasteiger partial charge < -0.3 is 10.4 Å². The van der Waals surface area contributed by atoms with E-state index in [0.29, 0.717) is 22.8 Å². The average molecular weight is 377 g/mol. The van der Waals surface area contributed by atoms with Crippen molar-refractivity contribution in [2.24, 2.45) is 0 Å². The summed E-state index contributed by atoms with van der Waals surface area (Å²) >= 11 is 0. The van der Waals surface area contributed by atoms with Gasteiger partial charge in [0.25, 0.3) is 0 Å². The summed E-state index contributed by atoms with van der Waals surface area (Å²) in [7, 11) is 0. The maximum Gasteiger partial charge on any atom is 0.416 e. The Kier molecular flexibility index (Phi) is 5.13. The molecular formula is C18H18F3N5O. The first-order valence-corrected chi connectivity index (χ1v) is 8.27. The molecule has 2 N–H and O–H groups in total. The monoisotopic (exact) mass is 377 g/mol. The van der Waals surface area contributed by atoms with Crippen molar-refractivity contribution in [3.63, 3.8) is 0 Å². The molecule has 0 aliphatic heterocycles. The van der Waals surface area contributed by atoms with Crippen molar-refractivity contribution < 1.29 is 18.3 Å². The van der Waals surface area contributed by atoms with Gasteiger partial charge in [-0.1, -0.05) is 12.1 Å². The van der Waals surface area contributed by atoms with E-state index in [2.05, 4.69) is 20.7 Å². The zero-order valence-electron chi connectivity index (χ0n) is 14.6. The van der Waals surface area contributed by atoms with Crippen LogP contribution in [-0.4, -0.2) is 31.4 Å². The molecule has 9 heteroatoms. The van der Waals surface area contributed by atoms with Crippen LogP contribution in [0.5, 0.6) is 0 Å². The van der Waals surface area contributed by atoms with Gasteiger partial charge in [0.15, 0.2) is 0 Å². The van der Waals surface area contributed by atoms with Gasteiger partial charge in [0.1, 0.15) is 0 Å². The second-order valence-corrected chi connectivity index (χ2v) is 6.16. The Morgan fingerprint density at radius 1 is 1.04 bits per heavy atom. The molecule has 0 aliphatic rings. The standard InChI is InChI=1S/C18H18F3N5O/c1-11(12(2)27)26-24-17(23-25-26)15-5-3-4-6-16(15)22-14-9-7-13(8-10-14)18(19,20)21/h3-12,22,27H,1-2H3/t11-,12?/m1/s1. The topological polar surface area (TPSA) is 75.9 Å². The summed E-state index contributed by atoms with van der Waals surface area (Å²) in [5.74, 6) is 0.345. The van der Waals surface area contributed by atoms with Crippen molar-refractivity contribution in [3.8, 4) is 11.4 Å². The van der Waals surface area contributed by atoms with Crippen LogP contribution in [0.3, 0.4) is 0 Å². The Bertz CT molecular complexity index is 906. The molecule has 0 saturated heterocycles. The first-order chi connectivity index (χ1) is 12.8. The summed E-state index contributed by atoms with van der Waals surface area (Å²) in [5, 5.41) is 25.0. The van der Waals surface area contributed by atoms with Crippen molar-refractivity contribution in [1.82, 2.24) is 20.2 Å². The minimum absolute atomic E-state index is 0.345. The van der Waals surface area contributed by atoms with Crippen LogP contribution in [0.15, 0.2) is 48.5 Å². The lowest BCUT2D eigenvalue weighted by Gasteiger charge is -2.12. The van der Waals surface area contributed by atoms with Gasteiger partial charge in [-0.3, -0.25) is 0 Å². The van der Waals surface area contributed by atoms with Crippen molar-refractivity contribution in [2.45, 2.75) is 32.2 Å². The van der Waals surface area contributed by atoms with Gasteiger partial charge in [0.2, 0.25) is 5.82 Å². The minimum atomic E-state index is -4.38. The van der Waals surface area contributed by atoms with E-state index in [0.717, 1.165) is 12.1 Å². The number of nitrogens with one attached hydrogen (secondary N) is 1. The first-order valence-electron chi connectivity index (χ1n) is 8.27. The predicted molar refractivity (Wildman–Crippen MR) is 94.4 cm³/mol. The molecule has 0 radical (unpaired) electrons.